The number of carbonyl (C=O) groups excluding carboxylic acids is 2. The predicted octanol–water partition coefficient (Wildman–Crippen LogP) is 4.75. The van der Waals surface area contributed by atoms with Crippen molar-refractivity contribution in [1.82, 2.24) is 19.6 Å². The zero-order valence-corrected chi connectivity index (χ0v) is 19.8. The largest absolute Gasteiger partial charge is 0.471 e. The first-order valence-corrected chi connectivity index (χ1v) is 11.9. The van der Waals surface area contributed by atoms with E-state index in [-0.39, 0.29) is 30.3 Å². The van der Waals surface area contributed by atoms with Gasteiger partial charge in [-0.15, -0.1) is 0 Å². The van der Waals surface area contributed by atoms with Crippen LogP contribution in [0.4, 0.5) is 13.2 Å². The number of aryl methyl sites for hydroxylation is 1. The summed E-state index contributed by atoms with van der Waals surface area (Å²) in [6.07, 6.45) is -0.949. The normalized spacial score (nSPS) is 17.3. The van der Waals surface area contributed by atoms with E-state index in [1.807, 2.05) is 31.2 Å². The molecule has 0 atom stereocenters. The number of nitrogens with zero attached hydrogens (tertiary/aromatic N) is 3. The summed E-state index contributed by atoms with van der Waals surface area (Å²) in [7, 11) is 0. The summed E-state index contributed by atoms with van der Waals surface area (Å²) in [6.45, 7) is 2.65. The van der Waals surface area contributed by atoms with Crippen molar-refractivity contribution >= 4 is 29.1 Å². The highest BCUT2D eigenvalue weighted by Crippen LogP contribution is 2.56. The molecule has 1 spiro atoms. The van der Waals surface area contributed by atoms with E-state index in [0.29, 0.717) is 35.0 Å². The van der Waals surface area contributed by atoms with Crippen LogP contribution in [0.5, 0.6) is 0 Å². The van der Waals surface area contributed by atoms with E-state index in [9.17, 15) is 22.8 Å². The number of benzene rings is 1. The van der Waals surface area contributed by atoms with E-state index in [1.165, 1.54) is 0 Å². The average molecular weight is 505 g/mol. The van der Waals surface area contributed by atoms with Gasteiger partial charge >= 0.3 is 12.1 Å². The van der Waals surface area contributed by atoms with Gasteiger partial charge in [0.15, 0.2) is 0 Å². The van der Waals surface area contributed by atoms with Crippen LogP contribution in [0.15, 0.2) is 42.6 Å². The number of pyridine rings is 1. The minimum atomic E-state index is -4.80. The Morgan fingerprint density at radius 2 is 1.83 bits per heavy atom. The molecule has 3 aromatic rings. The van der Waals surface area contributed by atoms with E-state index >= 15 is 0 Å². The smallest absolute Gasteiger partial charge is 0.347 e. The molecule has 1 aromatic carbocycles. The minimum Gasteiger partial charge on any atom is -0.347 e. The van der Waals surface area contributed by atoms with E-state index in [4.69, 9.17) is 11.6 Å². The van der Waals surface area contributed by atoms with Crippen molar-refractivity contribution in [2.24, 2.45) is 5.41 Å². The summed E-state index contributed by atoms with van der Waals surface area (Å²) < 4.78 is 39.4. The fourth-order valence-corrected chi connectivity index (χ4v) is 5.45. The fraction of sp³-hybridized carbons (Fsp3) is 0.400. The van der Waals surface area contributed by atoms with Crippen molar-refractivity contribution in [3.63, 3.8) is 0 Å². The number of halogens is 4. The van der Waals surface area contributed by atoms with Crippen molar-refractivity contribution < 1.29 is 22.8 Å². The second kappa shape index (κ2) is 8.55. The molecule has 6 nitrogen and oxygen atoms in total. The van der Waals surface area contributed by atoms with Crippen molar-refractivity contribution in [3.05, 3.63) is 70.1 Å². The summed E-state index contributed by atoms with van der Waals surface area (Å²) in [5.74, 6) is -1.70. The van der Waals surface area contributed by atoms with Crippen LogP contribution in [-0.4, -0.2) is 45.4 Å². The van der Waals surface area contributed by atoms with Crippen LogP contribution in [0.25, 0.3) is 5.65 Å². The quantitative estimate of drug-likeness (QED) is 0.545. The molecule has 184 valence electrons. The molecule has 35 heavy (non-hydrogen) atoms. The molecule has 10 heteroatoms. The van der Waals surface area contributed by atoms with Gasteiger partial charge in [0, 0.05) is 31.2 Å². The highest BCUT2D eigenvalue weighted by Gasteiger charge is 2.57. The maximum atomic E-state index is 12.9. The number of carbonyl (C=O) groups is 2. The molecule has 0 bridgehead atoms. The molecule has 2 amide bonds. The van der Waals surface area contributed by atoms with Gasteiger partial charge in [0.25, 0.3) is 5.91 Å². The Balaban J connectivity index is 1.17. The molecule has 0 radical (unpaired) electrons. The number of imidazole rings is 1. The number of hydrogen-bond donors (Lipinski definition) is 1. The number of likely N-dealkylation sites (tertiary alicyclic amines) is 1. The lowest BCUT2D eigenvalue weighted by Crippen LogP contribution is -2.65. The van der Waals surface area contributed by atoms with E-state index < -0.39 is 12.1 Å². The van der Waals surface area contributed by atoms with Crippen LogP contribution in [-0.2, 0) is 17.8 Å². The zero-order valence-electron chi connectivity index (χ0n) is 19.0. The molecule has 3 heterocycles. The number of nitrogens with one attached hydrogen (secondary N) is 1. The number of aromatic nitrogens is 2. The Morgan fingerprint density at radius 3 is 2.46 bits per heavy atom. The molecule has 1 aliphatic heterocycles. The Bertz CT molecular complexity index is 1290. The van der Waals surface area contributed by atoms with E-state index in [1.54, 1.807) is 22.7 Å². The van der Waals surface area contributed by atoms with Gasteiger partial charge < -0.3 is 10.2 Å². The van der Waals surface area contributed by atoms with Crippen LogP contribution in [0.2, 0.25) is 5.02 Å². The van der Waals surface area contributed by atoms with Crippen LogP contribution in [0.3, 0.4) is 0 Å². The summed E-state index contributed by atoms with van der Waals surface area (Å²) in [5.41, 5.74) is 3.72. The van der Waals surface area contributed by atoms with Gasteiger partial charge in [-0.05, 0) is 48.4 Å². The van der Waals surface area contributed by atoms with Gasteiger partial charge in [-0.1, -0.05) is 42.8 Å². The predicted molar refractivity (Wildman–Crippen MR) is 124 cm³/mol. The first kappa shape index (κ1) is 23.7. The Labute approximate surface area is 205 Å². The molecule has 0 unspecified atom stereocenters. The van der Waals surface area contributed by atoms with Crippen molar-refractivity contribution in [2.45, 2.75) is 44.8 Å². The maximum Gasteiger partial charge on any atom is 0.471 e. The van der Waals surface area contributed by atoms with Gasteiger partial charge in [0.1, 0.15) is 11.3 Å². The molecule has 1 saturated heterocycles. The standard InChI is InChI=1S/C25H24ClF3N4O2/c1-2-19-21(33-12-18(26)7-8-20(33)31-19)22(34)30-11-15-3-5-16(6-4-15)17-9-24(10-17)13-32(14-24)23(35)25(27,28)29/h3-8,12,17H,2,9-11,13-14H2,1H3,(H,30,34). The Morgan fingerprint density at radius 1 is 1.14 bits per heavy atom. The number of fused-ring (bicyclic) bond motifs is 1. The van der Waals surface area contributed by atoms with Gasteiger partial charge in [-0.2, -0.15) is 13.2 Å². The zero-order chi connectivity index (χ0) is 25.0. The third-order valence-electron chi connectivity index (χ3n) is 7.05. The highest BCUT2D eigenvalue weighted by molar-refractivity contribution is 6.30. The number of amides is 2. The van der Waals surface area contributed by atoms with Crippen LogP contribution in [0, 0.1) is 5.41 Å². The number of rotatable bonds is 5. The Kier molecular flexibility index (Phi) is 5.78. The molecule has 1 saturated carbocycles. The average Bonchev–Trinajstić information content (AvgIpc) is 3.13. The lowest BCUT2D eigenvalue weighted by atomic mass is 9.56. The molecule has 2 fully saturated rings. The monoisotopic (exact) mass is 504 g/mol. The van der Waals surface area contributed by atoms with Crippen LogP contribution < -0.4 is 5.32 Å². The van der Waals surface area contributed by atoms with Gasteiger partial charge in [0.2, 0.25) is 0 Å². The summed E-state index contributed by atoms with van der Waals surface area (Å²) in [5, 5.41) is 3.47. The fourth-order valence-electron chi connectivity index (χ4n) is 5.29. The van der Waals surface area contributed by atoms with Crippen LogP contribution >= 0.6 is 11.6 Å². The van der Waals surface area contributed by atoms with Gasteiger partial charge in [0.05, 0.1) is 10.7 Å². The number of alkyl halides is 3. The maximum absolute atomic E-state index is 12.9. The van der Waals surface area contributed by atoms with Crippen molar-refractivity contribution in [2.75, 3.05) is 13.1 Å². The molecule has 2 aromatic heterocycles. The van der Waals surface area contributed by atoms with E-state index in [0.717, 1.165) is 28.9 Å². The molecule has 1 N–H and O–H groups in total. The second-order valence-electron chi connectivity index (χ2n) is 9.52. The third kappa shape index (κ3) is 4.37. The third-order valence-corrected chi connectivity index (χ3v) is 7.27. The van der Waals surface area contributed by atoms with Crippen molar-refractivity contribution in [1.29, 1.82) is 0 Å². The summed E-state index contributed by atoms with van der Waals surface area (Å²) in [4.78, 5) is 29.7. The lowest BCUT2D eigenvalue weighted by Gasteiger charge is -2.59. The Hall–Kier alpha value is -3.07. The van der Waals surface area contributed by atoms with E-state index in [2.05, 4.69) is 10.3 Å². The summed E-state index contributed by atoms with van der Waals surface area (Å²) in [6, 6.07) is 11.4. The second-order valence-corrected chi connectivity index (χ2v) is 9.96. The van der Waals surface area contributed by atoms with Gasteiger partial charge in [-0.25, -0.2) is 4.98 Å². The molecular weight excluding hydrogens is 481 g/mol. The topological polar surface area (TPSA) is 66.7 Å². The molecule has 1 aliphatic carbocycles. The lowest BCUT2D eigenvalue weighted by molar-refractivity contribution is -0.201. The minimum absolute atomic E-state index is 0.174. The summed E-state index contributed by atoms with van der Waals surface area (Å²) >= 11 is 6.10. The first-order chi connectivity index (χ1) is 16.6. The van der Waals surface area contributed by atoms with Gasteiger partial charge in [-0.3, -0.25) is 14.0 Å². The van der Waals surface area contributed by atoms with Crippen molar-refractivity contribution in [3.8, 4) is 0 Å². The molecule has 2 aliphatic rings. The molecule has 5 rings (SSSR count). The highest BCUT2D eigenvalue weighted by atomic mass is 35.5. The SMILES string of the molecule is CCc1nc2ccc(Cl)cn2c1C(=O)NCc1ccc(C2CC3(C2)CN(C(=O)C(F)(F)F)C3)cc1. The van der Waals surface area contributed by atoms with Crippen LogP contribution in [0.1, 0.15) is 53.0 Å². The number of hydrogen-bond acceptors (Lipinski definition) is 3. The first-order valence-electron chi connectivity index (χ1n) is 11.5. The molecular formula is C25H24ClF3N4O2.